The van der Waals surface area contributed by atoms with Gasteiger partial charge in [0.05, 0.1) is 13.1 Å². The van der Waals surface area contributed by atoms with E-state index >= 15 is 0 Å². The fraction of sp³-hybridized carbons (Fsp3) is 0.263. The van der Waals surface area contributed by atoms with Crippen LogP contribution in [0, 0.1) is 0 Å². The Labute approximate surface area is 147 Å². The number of carbonyl (C=O) groups excluding carboxylic acids is 1. The molecule has 1 saturated heterocycles. The molecular weight excluding hydrogens is 322 g/mol. The van der Waals surface area contributed by atoms with Crippen LogP contribution >= 0.6 is 11.6 Å². The summed E-state index contributed by atoms with van der Waals surface area (Å²) in [5.41, 5.74) is 5.59. The molecule has 0 unspecified atom stereocenters. The normalized spacial score (nSPS) is 17.4. The molecule has 1 aliphatic heterocycles. The van der Waals surface area contributed by atoms with E-state index in [1.54, 1.807) is 29.2 Å². The highest BCUT2D eigenvalue weighted by Gasteiger charge is 2.18. The minimum atomic E-state index is -0.218. The first kappa shape index (κ1) is 16.7. The number of rotatable bonds is 4. The third-order valence-electron chi connectivity index (χ3n) is 4.23. The lowest BCUT2D eigenvalue weighted by Gasteiger charge is -2.24. The largest absolute Gasteiger partial charge is 0.331 e. The van der Waals surface area contributed by atoms with Gasteiger partial charge in [-0.1, -0.05) is 48.0 Å². The number of carbonyl (C=O) groups is 1. The third kappa shape index (κ3) is 4.66. The van der Waals surface area contributed by atoms with E-state index in [0.717, 1.165) is 38.2 Å². The molecule has 1 heterocycles. The molecule has 3 rings (SSSR count). The van der Waals surface area contributed by atoms with E-state index < -0.39 is 0 Å². The smallest absolute Gasteiger partial charge is 0.271 e. The Morgan fingerprint density at radius 3 is 2.54 bits per heavy atom. The Hall–Kier alpha value is -2.17. The minimum Gasteiger partial charge on any atom is -0.331 e. The summed E-state index contributed by atoms with van der Waals surface area (Å²) in [4.78, 5) is 13.6. The molecule has 1 fully saturated rings. The predicted molar refractivity (Wildman–Crippen MR) is 96.4 cm³/mol. The van der Waals surface area contributed by atoms with Crippen molar-refractivity contribution in [2.45, 2.75) is 19.4 Å². The topological polar surface area (TPSA) is 45.9 Å². The summed E-state index contributed by atoms with van der Waals surface area (Å²) in [6.07, 6.45) is 1.83. The Kier molecular flexibility index (Phi) is 5.62. The summed E-state index contributed by atoms with van der Waals surface area (Å²) in [7, 11) is 0. The Balaban J connectivity index is 1.49. The van der Waals surface area contributed by atoms with Crippen molar-refractivity contribution in [1.29, 1.82) is 0 Å². The van der Waals surface area contributed by atoms with Gasteiger partial charge in [-0.2, -0.15) is 5.10 Å². The molecule has 1 aliphatic rings. The Morgan fingerprint density at radius 1 is 1.08 bits per heavy atom. The monoisotopic (exact) mass is 342 g/mol. The zero-order valence-electron chi connectivity index (χ0n) is 13.5. The first-order valence-corrected chi connectivity index (χ1v) is 8.57. The second-order valence-electron chi connectivity index (χ2n) is 6.04. The first-order chi connectivity index (χ1) is 11.7. The zero-order chi connectivity index (χ0) is 16.8. The summed E-state index contributed by atoms with van der Waals surface area (Å²) in [6, 6.07) is 17.4. The maximum absolute atomic E-state index is 12.1. The number of hydrogen-bond donors (Lipinski definition) is 2. The first-order valence-electron chi connectivity index (χ1n) is 8.19. The van der Waals surface area contributed by atoms with Crippen molar-refractivity contribution in [3.05, 3.63) is 70.7 Å². The summed E-state index contributed by atoms with van der Waals surface area (Å²) in [6.45, 7) is 3.13. The number of hydrazone groups is 1. The van der Waals surface area contributed by atoms with Crippen molar-refractivity contribution >= 4 is 23.2 Å². The number of nitrogens with zero attached hydrogens (tertiary/aromatic N) is 1. The molecule has 24 heavy (non-hydrogen) atoms. The van der Waals surface area contributed by atoms with Gasteiger partial charge in [-0.15, -0.1) is 0 Å². The molecule has 0 bridgehead atoms. The highest BCUT2D eigenvalue weighted by Crippen LogP contribution is 2.10. The quantitative estimate of drug-likeness (QED) is 0.823. The molecule has 0 saturated carbocycles. The average Bonchev–Trinajstić information content (AvgIpc) is 2.62. The van der Waals surface area contributed by atoms with Gasteiger partial charge < -0.3 is 4.90 Å². The van der Waals surface area contributed by atoms with Crippen LogP contribution in [0.25, 0.3) is 0 Å². The standard InChI is InChI=1S/C19H20ClN3O/c20-17-8-4-7-16(13-17)19(24)22-21-18-9-11-23(12-10-18)14-15-5-2-1-3-6-15/h1-8,13H,9-12,14H2,(H,22,24)/p+1. The number of amides is 1. The Bertz CT molecular complexity index is 720. The molecule has 124 valence electrons. The number of likely N-dealkylation sites (tertiary alicyclic amines) is 1. The third-order valence-corrected chi connectivity index (χ3v) is 4.47. The lowest BCUT2D eigenvalue weighted by atomic mass is 10.1. The number of benzene rings is 2. The van der Waals surface area contributed by atoms with E-state index in [-0.39, 0.29) is 5.91 Å². The molecule has 2 N–H and O–H groups in total. The average molecular weight is 343 g/mol. The minimum absolute atomic E-state index is 0.218. The molecule has 2 aromatic rings. The lowest BCUT2D eigenvalue weighted by Crippen LogP contribution is -3.11. The van der Waals surface area contributed by atoms with E-state index in [1.807, 2.05) is 6.07 Å². The van der Waals surface area contributed by atoms with Gasteiger partial charge in [0.25, 0.3) is 5.91 Å². The summed E-state index contributed by atoms with van der Waals surface area (Å²) >= 11 is 5.90. The van der Waals surface area contributed by atoms with Crippen molar-refractivity contribution < 1.29 is 9.69 Å². The zero-order valence-corrected chi connectivity index (χ0v) is 14.2. The number of piperidine rings is 1. The second-order valence-corrected chi connectivity index (χ2v) is 6.48. The van der Waals surface area contributed by atoms with Crippen LogP contribution in [0.2, 0.25) is 5.02 Å². The lowest BCUT2D eigenvalue weighted by molar-refractivity contribution is -0.914. The summed E-state index contributed by atoms with van der Waals surface area (Å²) in [5, 5.41) is 4.84. The number of hydrogen-bond acceptors (Lipinski definition) is 2. The number of quaternary nitrogens is 1. The highest BCUT2D eigenvalue weighted by molar-refractivity contribution is 6.30. The Morgan fingerprint density at radius 2 is 1.83 bits per heavy atom. The van der Waals surface area contributed by atoms with Crippen LogP contribution in [0.3, 0.4) is 0 Å². The molecule has 0 radical (unpaired) electrons. The van der Waals surface area contributed by atoms with Crippen molar-refractivity contribution in [3.63, 3.8) is 0 Å². The van der Waals surface area contributed by atoms with Gasteiger partial charge in [0.15, 0.2) is 0 Å². The van der Waals surface area contributed by atoms with Crippen molar-refractivity contribution in [2.75, 3.05) is 13.1 Å². The second kappa shape index (κ2) is 8.08. The number of halogens is 1. The van der Waals surface area contributed by atoms with Crippen LogP contribution < -0.4 is 10.3 Å². The van der Waals surface area contributed by atoms with Crippen LogP contribution in [-0.2, 0) is 6.54 Å². The van der Waals surface area contributed by atoms with Gasteiger partial charge in [0.2, 0.25) is 0 Å². The van der Waals surface area contributed by atoms with E-state index in [2.05, 4.69) is 34.8 Å². The van der Waals surface area contributed by atoms with Crippen LogP contribution in [0.5, 0.6) is 0 Å². The van der Waals surface area contributed by atoms with Gasteiger partial charge in [-0.25, -0.2) is 5.43 Å². The predicted octanol–water partition coefficient (Wildman–Crippen LogP) is 2.30. The molecule has 0 spiro atoms. The van der Waals surface area contributed by atoms with E-state index in [4.69, 9.17) is 11.6 Å². The maximum Gasteiger partial charge on any atom is 0.271 e. The van der Waals surface area contributed by atoms with Gasteiger partial charge >= 0.3 is 0 Å². The van der Waals surface area contributed by atoms with Crippen LogP contribution in [0.1, 0.15) is 28.8 Å². The van der Waals surface area contributed by atoms with Gasteiger partial charge in [0, 0.05) is 34.7 Å². The van der Waals surface area contributed by atoms with Crippen molar-refractivity contribution in [3.8, 4) is 0 Å². The number of nitrogens with one attached hydrogen (secondary N) is 2. The fourth-order valence-electron chi connectivity index (χ4n) is 2.89. The van der Waals surface area contributed by atoms with Crippen LogP contribution in [0.4, 0.5) is 0 Å². The molecule has 2 aromatic carbocycles. The van der Waals surface area contributed by atoms with Crippen LogP contribution in [-0.4, -0.2) is 24.7 Å². The molecular formula is C19H21ClN3O+. The van der Waals surface area contributed by atoms with Crippen LogP contribution in [0.15, 0.2) is 59.7 Å². The molecule has 0 aliphatic carbocycles. The van der Waals surface area contributed by atoms with E-state index in [0.29, 0.717) is 10.6 Å². The molecule has 1 amide bonds. The summed E-state index contributed by atoms with van der Waals surface area (Å²) in [5.74, 6) is -0.218. The molecule has 0 atom stereocenters. The van der Waals surface area contributed by atoms with E-state index in [9.17, 15) is 4.79 Å². The van der Waals surface area contributed by atoms with Gasteiger partial charge in [0.1, 0.15) is 6.54 Å². The van der Waals surface area contributed by atoms with E-state index in [1.165, 1.54) is 5.56 Å². The maximum atomic E-state index is 12.1. The summed E-state index contributed by atoms with van der Waals surface area (Å²) < 4.78 is 0. The highest BCUT2D eigenvalue weighted by atomic mass is 35.5. The van der Waals surface area contributed by atoms with Gasteiger partial charge in [-0.05, 0) is 18.2 Å². The van der Waals surface area contributed by atoms with Crippen molar-refractivity contribution in [2.24, 2.45) is 5.10 Å². The SMILES string of the molecule is O=C(NN=C1CC[NH+](Cc2ccccc2)CC1)c1cccc(Cl)c1. The molecule has 0 aromatic heterocycles. The fourth-order valence-corrected chi connectivity index (χ4v) is 3.08. The molecule has 5 heteroatoms. The van der Waals surface area contributed by atoms with Gasteiger partial charge in [-0.3, -0.25) is 4.79 Å². The molecule has 4 nitrogen and oxygen atoms in total. The van der Waals surface area contributed by atoms with Crippen molar-refractivity contribution in [1.82, 2.24) is 5.43 Å².